The fourth-order valence-corrected chi connectivity index (χ4v) is 2.37. The molecule has 0 unspecified atom stereocenters. The Labute approximate surface area is 108 Å². The molecule has 0 bridgehead atoms. The molecule has 1 rings (SSSR count). The molecular formula is C14H21NOS. The van der Waals surface area contributed by atoms with Gasteiger partial charge in [0.1, 0.15) is 0 Å². The molecule has 0 saturated carbocycles. The zero-order chi connectivity index (χ0) is 12.8. The van der Waals surface area contributed by atoms with E-state index in [0.29, 0.717) is 5.25 Å². The Bertz CT molecular complexity index is 376. The summed E-state index contributed by atoms with van der Waals surface area (Å²) >= 11 is 1.73. The number of carbonyl (C=O) groups excluding carboxylic acids is 1. The van der Waals surface area contributed by atoms with Crippen LogP contribution in [-0.2, 0) is 0 Å². The Kier molecular flexibility index (Phi) is 5.56. The van der Waals surface area contributed by atoms with E-state index < -0.39 is 0 Å². The van der Waals surface area contributed by atoms with Gasteiger partial charge >= 0.3 is 0 Å². The molecule has 0 aliphatic rings. The van der Waals surface area contributed by atoms with Gasteiger partial charge in [0.2, 0.25) is 0 Å². The van der Waals surface area contributed by atoms with Crippen LogP contribution in [0.1, 0.15) is 44.5 Å². The highest BCUT2D eigenvalue weighted by molar-refractivity contribution is 8.00. The molecule has 1 N–H and O–H groups in total. The Hall–Kier alpha value is -0.960. The van der Waals surface area contributed by atoms with E-state index >= 15 is 0 Å². The molecule has 0 aromatic heterocycles. The van der Waals surface area contributed by atoms with Gasteiger partial charge in [0, 0.05) is 16.2 Å². The van der Waals surface area contributed by atoms with Crippen molar-refractivity contribution in [1.82, 2.24) is 5.32 Å². The molecule has 1 aromatic rings. The molecule has 2 nitrogen and oxygen atoms in total. The smallest absolute Gasteiger partial charge is 0.252 e. The zero-order valence-corrected chi connectivity index (χ0v) is 11.8. The molecular weight excluding hydrogens is 230 g/mol. The number of thioether (sulfide) groups is 1. The molecule has 0 heterocycles. The van der Waals surface area contributed by atoms with Gasteiger partial charge in [-0.15, -0.1) is 11.8 Å². The number of amides is 1. The maximum Gasteiger partial charge on any atom is 0.252 e. The van der Waals surface area contributed by atoms with Gasteiger partial charge < -0.3 is 5.32 Å². The number of carbonyl (C=O) groups is 1. The number of nitrogens with one attached hydrogen (secondary N) is 1. The van der Waals surface area contributed by atoms with Crippen molar-refractivity contribution in [2.75, 3.05) is 0 Å². The summed E-state index contributed by atoms with van der Waals surface area (Å²) in [5, 5.41) is 3.49. The molecule has 0 saturated heterocycles. The lowest BCUT2D eigenvalue weighted by Crippen LogP contribution is -2.32. The van der Waals surface area contributed by atoms with Gasteiger partial charge in [-0.05, 0) is 25.5 Å². The summed E-state index contributed by atoms with van der Waals surface area (Å²) < 4.78 is 0. The fourth-order valence-electron chi connectivity index (χ4n) is 1.41. The molecule has 0 aliphatic carbocycles. The van der Waals surface area contributed by atoms with Gasteiger partial charge in [0.25, 0.3) is 5.91 Å². The fraction of sp³-hybridized carbons (Fsp3) is 0.500. The molecule has 0 radical (unpaired) electrons. The maximum absolute atomic E-state index is 12.1. The van der Waals surface area contributed by atoms with E-state index in [1.807, 2.05) is 31.2 Å². The minimum Gasteiger partial charge on any atom is -0.350 e. The summed E-state index contributed by atoms with van der Waals surface area (Å²) in [6.45, 7) is 8.36. The standard InChI is InChI=1S/C14H21NOS/c1-5-11(4)15-14(16)12-8-6-7-9-13(12)17-10(2)3/h6-11H,5H2,1-4H3,(H,15,16)/t11-/m0/s1. The summed E-state index contributed by atoms with van der Waals surface area (Å²) in [6, 6.07) is 8.01. The molecule has 1 aromatic carbocycles. The van der Waals surface area contributed by atoms with Crippen molar-refractivity contribution in [2.24, 2.45) is 0 Å². The summed E-state index contributed by atoms with van der Waals surface area (Å²) in [5.74, 6) is 0.0306. The maximum atomic E-state index is 12.1. The lowest BCUT2D eigenvalue weighted by atomic mass is 10.2. The third-order valence-corrected chi connectivity index (χ3v) is 3.57. The van der Waals surface area contributed by atoms with Crippen molar-refractivity contribution in [3.63, 3.8) is 0 Å². The Morgan fingerprint density at radius 2 is 1.94 bits per heavy atom. The van der Waals surface area contributed by atoms with Crippen LogP contribution < -0.4 is 5.32 Å². The molecule has 3 heteroatoms. The number of hydrogen-bond acceptors (Lipinski definition) is 2. The minimum atomic E-state index is 0.0306. The molecule has 0 fully saturated rings. The van der Waals surface area contributed by atoms with E-state index in [2.05, 4.69) is 26.1 Å². The van der Waals surface area contributed by atoms with Gasteiger partial charge in [-0.2, -0.15) is 0 Å². The van der Waals surface area contributed by atoms with E-state index in [1.54, 1.807) is 11.8 Å². The van der Waals surface area contributed by atoms with Gasteiger partial charge in [-0.1, -0.05) is 32.9 Å². The Balaban J connectivity index is 2.85. The lowest BCUT2D eigenvalue weighted by Gasteiger charge is -2.14. The van der Waals surface area contributed by atoms with Crippen molar-refractivity contribution >= 4 is 17.7 Å². The normalized spacial score (nSPS) is 12.5. The first-order chi connectivity index (χ1) is 8.04. The first-order valence-corrected chi connectivity index (χ1v) is 6.99. The molecule has 94 valence electrons. The van der Waals surface area contributed by atoms with Crippen LogP contribution in [0, 0.1) is 0 Å². The van der Waals surface area contributed by atoms with Crippen LogP contribution >= 0.6 is 11.8 Å². The number of rotatable bonds is 5. The Morgan fingerprint density at radius 3 is 2.53 bits per heavy atom. The van der Waals surface area contributed by atoms with E-state index in [4.69, 9.17) is 0 Å². The van der Waals surface area contributed by atoms with E-state index in [9.17, 15) is 4.79 Å². The summed E-state index contributed by atoms with van der Waals surface area (Å²) in [5.41, 5.74) is 0.784. The van der Waals surface area contributed by atoms with Crippen molar-refractivity contribution < 1.29 is 4.79 Å². The molecule has 0 aliphatic heterocycles. The van der Waals surface area contributed by atoms with Gasteiger partial charge in [-0.25, -0.2) is 0 Å². The predicted octanol–water partition coefficient (Wildman–Crippen LogP) is 3.72. The summed E-state index contributed by atoms with van der Waals surface area (Å²) in [6.07, 6.45) is 0.950. The first-order valence-electron chi connectivity index (χ1n) is 6.11. The molecule has 0 spiro atoms. The highest BCUT2D eigenvalue weighted by atomic mass is 32.2. The largest absolute Gasteiger partial charge is 0.350 e. The van der Waals surface area contributed by atoms with Crippen molar-refractivity contribution in [3.8, 4) is 0 Å². The topological polar surface area (TPSA) is 29.1 Å². The van der Waals surface area contributed by atoms with E-state index in [0.717, 1.165) is 16.9 Å². The number of hydrogen-bond donors (Lipinski definition) is 1. The minimum absolute atomic E-state index is 0.0306. The van der Waals surface area contributed by atoms with Crippen LogP contribution in [-0.4, -0.2) is 17.2 Å². The number of benzene rings is 1. The second-order valence-electron chi connectivity index (χ2n) is 4.45. The van der Waals surface area contributed by atoms with Crippen molar-refractivity contribution in [1.29, 1.82) is 0 Å². The van der Waals surface area contributed by atoms with Gasteiger partial charge in [0.05, 0.1) is 5.56 Å². The van der Waals surface area contributed by atoms with Crippen molar-refractivity contribution in [2.45, 2.75) is 50.3 Å². The summed E-state index contributed by atoms with van der Waals surface area (Å²) in [7, 11) is 0. The third-order valence-electron chi connectivity index (χ3n) is 2.48. The van der Waals surface area contributed by atoms with Crippen molar-refractivity contribution in [3.05, 3.63) is 29.8 Å². The zero-order valence-electron chi connectivity index (χ0n) is 11.0. The lowest BCUT2D eigenvalue weighted by molar-refractivity contribution is 0.0936. The Morgan fingerprint density at radius 1 is 1.29 bits per heavy atom. The monoisotopic (exact) mass is 251 g/mol. The van der Waals surface area contributed by atoms with Crippen LogP contribution in [0.25, 0.3) is 0 Å². The van der Waals surface area contributed by atoms with Crippen LogP contribution in [0.2, 0.25) is 0 Å². The molecule has 1 amide bonds. The van der Waals surface area contributed by atoms with E-state index in [1.165, 1.54) is 0 Å². The molecule has 17 heavy (non-hydrogen) atoms. The second kappa shape index (κ2) is 6.70. The van der Waals surface area contributed by atoms with E-state index in [-0.39, 0.29) is 11.9 Å². The highest BCUT2D eigenvalue weighted by Crippen LogP contribution is 2.26. The third kappa shape index (κ3) is 4.43. The van der Waals surface area contributed by atoms with Crippen LogP contribution in [0.5, 0.6) is 0 Å². The average molecular weight is 251 g/mol. The first kappa shape index (κ1) is 14.1. The second-order valence-corrected chi connectivity index (χ2v) is 6.06. The van der Waals surface area contributed by atoms with Crippen LogP contribution in [0.4, 0.5) is 0 Å². The quantitative estimate of drug-likeness (QED) is 0.808. The summed E-state index contributed by atoms with van der Waals surface area (Å²) in [4.78, 5) is 13.2. The van der Waals surface area contributed by atoms with Gasteiger partial charge in [0.15, 0.2) is 0 Å². The van der Waals surface area contributed by atoms with Gasteiger partial charge in [-0.3, -0.25) is 4.79 Å². The average Bonchev–Trinajstić information content (AvgIpc) is 2.28. The van der Waals surface area contributed by atoms with Crippen LogP contribution in [0.15, 0.2) is 29.2 Å². The SMILES string of the molecule is CC[C@H](C)NC(=O)c1ccccc1SC(C)C. The predicted molar refractivity (Wildman–Crippen MR) is 74.7 cm³/mol. The molecule has 1 atom stereocenters. The van der Waals surface area contributed by atoms with Crippen LogP contribution in [0.3, 0.4) is 0 Å². The highest BCUT2D eigenvalue weighted by Gasteiger charge is 2.13.